The van der Waals surface area contributed by atoms with Crippen LogP contribution in [0.1, 0.15) is 60.3 Å². The Morgan fingerprint density at radius 2 is 1.12 bits per heavy atom. The van der Waals surface area contributed by atoms with Crippen LogP contribution in [0.3, 0.4) is 0 Å². The van der Waals surface area contributed by atoms with Crippen molar-refractivity contribution in [3.8, 4) is 0 Å². The van der Waals surface area contributed by atoms with E-state index < -0.39 is 0 Å². The third-order valence-corrected chi connectivity index (χ3v) is 5.11. The number of rotatable bonds is 20. The SMILES string of the molecule is CCCN(CCC)CCOCCOC(C)COCCN(CCC)CCC.C[n+]1ccccc1. The summed E-state index contributed by atoms with van der Waals surface area (Å²) in [5, 5.41) is 0. The smallest absolute Gasteiger partial charge is 0.168 e. The standard InChI is InChI=1S/C21H46N2O3.C6H8N/c1-6-10-22(11-7-2)14-16-24-18-19-26-21(5)20-25-17-15-23(12-8-3)13-9-4;1-7-5-3-2-4-6-7/h21H,6-20H2,1-5H3;2-6H,1H3/q;+1. The van der Waals surface area contributed by atoms with Crippen LogP contribution in [0.5, 0.6) is 0 Å². The van der Waals surface area contributed by atoms with Gasteiger partial charge in [0.25, 0.3) is 0 Å². The number of aryl methyl sites for hydroxylation is 1. The number of nitrogens with zero attached hydrogens (tertiary/aromatic N) is 3. The van der Waals surface area contributed by atoms with Gasteiger partial charge in [0, 0.05) is 25.2 Å². The van der Waals surface area contributed by atoms with E-state index >= 15 is 0 Å². The van der Waals surface area contributed by atoms with Gasteiger partial charge in [-0.15, -0.1) is 0 Å². The quantitative estimate of drug-likeness (QED) is 0.212. The molecule has 0 bridgehead atoms. The van der Waals surface area contributed by atoms with Crippen LogP contribution in [0, 0.1) is 0 Å². The third-order valence-electron chi connectivity index (χ3n) is 5.11. The van der Waals surface area contributed by atoms with Gasteiger partial charge < -0.3 is 24.0 Å². The largest absolute Gasteiger partial charge is 0.378 e. The predicted molar refractivity (Wildman–Crippen MR) is 139 cm³/mol. The molecule has 1 atom stereocenters. The van der Waals surface area contributed by atoms with Crippen molar-refractivity contribution in [2.75, 3.05) is 72.3 Å². The van der Waals surface area contributed by atoms with Gasteiger partial charge in [0.05, 0.1) is 39.1 Å². The molecule has 0 aromatic carbocycles. The normalized spacial score (nSPS) is 12.1. The average molecular weight is 469 g/mol. The van der Waals surface area contributed by atoms with E-state index in [0.717, 1.165) is 52.5 Å². The van der Waals surface area contributed by atoms with E-state index in [1.54, 1.807) is 0 Å². The van der Waals surface area contributed by atoms with Crippen LogP contribution in [0.4, 0.5) is 0 Å². The Morgan fingerprint density at radius 1 is 0.636 bits per heavy atom. The number of hydrogen-bond acceptors (Lipinski definition) is 5. The summed E-state index contributed by atoms with van der Waals surface area (Å²) >= 11 is 0. The highest BCUT2D eigenvalue weighted by Crippen LogP contribution is 1.97. The minimum absolute atomic E-state index is 0.126. The molecule has 1 aromatic rings. The van der Waals surface area contributed by atoms with Crippen LogP contribution in [-0.2, 0) is 21.3 Å². The first-order valence-electron chi connectivity index (χ1n) is 13.2. The fourth-order valence-corrected chi connectivity index (χ4v) is 3.52. The fourth-order valence-electron chi connectivity index (χ4n) is 3.52. The molecular formula is C27H54N3O3+. The van der Waals surface area contributed by atoms with Crippen LogP contribution in [-0.4, -0.2) is 88.2 Å². The molecule has 0 saturated heterocycles. The molecule has 0 saturated carbocycles. The molecular weight excluding hydrogens is 414 g/mol. The molecule has 0 N–H and O–H groups in total. The first kappa shape index (κ1) is 31.9. The number of aromatic nitrogens is 1. The Balaban J connectivity index is 0.00000123. The minimum Gasteiger partial charge on any atom is -0.378 e. The second-order valence-electron chi connectivity index (χ2n) is 8.59. The van der Waals surface area contributed by atoms with Gasteiger partial charge in [0.1, 0.15) is 7.05 Å². The lowest BCUT2D eigenvalue weighted by molar-refractivity contribution is -0.671. The molecule has 1 aromatic heterocycles. The molecule has 0 aliphatic rings. The molecule has 1 unspecified atom stereocenters. The molecule has 194 valence electrons. The summed E-state index contributed by atoms with van der Waals surface area (Å²) in [6.45, 7) is 21.2. The Kier molecular flexibility index (Phi) is 23.3. The summed E-state index contributed by atoms with van der Waals surface area (Å²) in [5.41, 5.74) is 0. The van der Waals surface area contributed by atoms with Crippen molar-refractivity contribution in [1.82, 2.24) is 9.80 Å². The Morgan fingerprint density at radius 3 is 1.55 bits per heavy atom. The number of pyridine rings is 1. The maximum Gasteiger partial charge on any atom is 0.168 e. The maximum absolute atomic E-state index is 5.77. The predicted octanol–water partition coefficient (Wildman–Crippen LogP) is 4.18. The van der Waals surface area contributed by atoms with Gasteiger partial charge in [0.2, 0.25) is 0 Å². The highest BCUT2D eigenvalue weighted by molar-refractivity contribution is 4.83. The van der Waals surface area contributed by atoms with Gasteiger partial charge in [-0.05, 0) is 58.8 Å². The van der Waals surface area contributed by atoms with Gasteiger partial charge in [0.15, 0.2) is 12.4 Å². The second-order valence-corrected chi connectivity index (χ2v) is 8.59. The van der Waals surface area contributed by atoms with Crippen molar-refractivity contribution in [3.05, 3.63) is 30.6 Å². The van der Waals surface area contributed by atoms with Crippen molar-refractivity contribution in [2.45, 2.75) is 66.4 Å². The van der Waals surface area contributed by atoms with E-state index in [4.69, 9.17) is 14.2 Å². The van der Waals surface area contributed by atoms with Crippen molar-refractivity contribution in [2.24, 2.45) is 7.05 Å². The van der Waals surface area contributed by atoms with Crippen LogP contribution in [0.2, 0.25) is 0 Å². The minimum atomic E-state index is 0.126. The van der Waals surface area contributed by atoms with Gasteiger partial charge >= 0.3 is 0 Å². The van der Waals surface area contributed by atoms with Gasteiger partial charge in [-0.3, -0.25) is 0 Å². The third kappa shape index (κ3) is 21.2. The molecule has 0 aliphatic heterocycles. The molecule has 6 heteroatoms. The van der Waals surface area contributed by atoms with Gasteiger partial charge in [-0.2, -0.15) is 0 Å². The zero-order valence-electron chi connectivity index (χ0n) is 22.6. The molecule has 33 heavy (non-hydrogen) atoms. The molecule has 1 rings (SSSR count). The Labute approximate surface area is 205 Å². The highest BCUT2D eigenvalue weighted by Gasteiger charge is 2.06. The number of ether oxygens (including phenoxy) is 3. The van der Waals surface area contributed by atoms with Crippen molar-refractivity contribution >= 4 is 0 Å². The van der Waals surface area contributed by atoms with Gasteiger partial charge in [-0.25, -0.2) is 4.57 Å². The van der Waals surface area contributed by atoms with Crippen LogP contribution < -0.4 is 4.57 Å². The number of hydrogen-bond donors (Lipinski definition) is 0. The van der Waals surface area contributed by atoms with E-state index in [1.807, 2.05) is 42.2 Å². The van der Waals surface area contributed by atoms with E-state index in [-0.39, 0.29) is 6.10 Å². The Hall–Kier alpha value is -1.05. The molecule has 0 radical (unpaired) electrons. The van der Waals surface area contributed by atoms with Crippen LogP contribution in [0.25, 0.3) is 0 Å². The highest BCUT2D eigenvalue weighted by atomic mass is 16.5. The van der Waals surface area contributed by atoms with Crippen molar-refractivity contribution in [3.63, 3.8) is 0 Å². The molecule has 1 heterocycles. The second kappa shape index (κ2) is 24.1. The summed E-state index contributed by atoms with van der Waals surface area (Å²) in [7, 11) is 2.00. The lowest BCUT2D eigenvalue weighted by atomic mass is 10.3. The lowest BCUT2D eigenvalue weighted by Crippen LogP contribution is -2.30. The van der Waals surface area contributed by atoms with E-state index in [0.29, 0.717) is 19.8 Å². The van der Waals surface area contributed by atoms with Gasteiger partial charge in [-0.1, -0.05) is 33.8 Å². The molecule has 0 spiro atoms. The monoisotopic (exact) mass is 468 g/mol. The lowest BCUT2D eigenvalue weighted by Gasteiger charge is -2.21. The topological polar surface area (TPSA) is 38.1 Å². The molecule has 0 amide bonds. The van der Waals surface area contributed by atoms with E-state index in [2.05, 4.69) is 44.4 Å². The molecule has 0 fully saturated rings. The summed E-state index contributed by atoms with van der Waals surface area (Å²) in [4.78, 5) is 4.94. The van der Waals surface area contributed by atoms with E-state index in [9.17, 15) is 0 Å². The summed E-state index contributed by atoms with van der Waals surface area (Å²) in [5.74, 6) is 0. The zero-order valence-corrected chi connectivity index (χ0v) is 22.6. The summed E-state index contributed by atoms with van der Waals surface area (Å²) < 4.78 is 19.2. The van der Waals surface area contributed by atoms with Crippen LogP contribution in [0.15, 0.2) is 30.6 Å². The summed E-state index contributed by atoms with van der Waals surface area (Å²) in [6, 6.07) is 6.00. The zero-order chi connectivity index (χ0) is 24.6. The maximum atomic E-state index is 5.77. The van der Waals surface area contributed by atoms with Crippen molar-refractivity contribution in [1.29, 1.82) is 0 Å². The molecule has 0 aliphatic carbocycles. The molecule has 6 nitrogen and oxygen atoms in total. The van der Waals surface area contributed by atoms with E-state index in [1.165, 1.54) is 25.7 Å². The fraction of sp³-hybridized carbons (Fsp3) is 0.815. The summed E-state index contributed by atoms with van der Waals surface area (Å²) in [6.07, 6.45) is 8.94. The van der Waals surface area contributed by atoms with Crippen LogP contribution >= 0.6 is 0 Å². The first-order chi connectivity index (χ1) is 16.1. The Bertz CT molecular complexity index is 493. The first-order valence-corrected chi connectivity index (χ1v) is 13.2. The average Bonchev–Trinajstić information content (AvgIpc) is 2.80. The van der Waals surface area contributed by atoms with Crippen molar-refractivity contribution < 1.29 is 18.8 Å².